The van der Waals surface area contributed by atoms with Gasteiger partial charge in [0.15, 0.2) is 0 Å². The van der Waals surface area contributed by atoms with E-state index < -0.39 is 0 Å². The fraction of sp³-hybridized carbons (Fsp3) is 0.143. The van der Waals surface area contributed by atoms with Crippen LogP contribution in [0.15, 0.2) is 24.0 Å². The van der Waals surface area contributed by atoms with Crippen LogP contribution in [0.1, 0.15) is 11.2 Å². The van der Waals surface area contributed by atoms with Gasteiger partial charge in [-0.2, -0.15) is 0 Å². The van der Waals surface area contributed by atoms with Crippen molar-refractivity contribution in [2.24, 2.45) is 0 Å². The van der Waals surface area contributed by atoms with Gasteiger partial charge in [-0.25, -0.2) is 0 Å². The summed E-state index contributed by atoms with van der Waals surface area (Å²) in [7, 11) is 0. The molecule has 2 heterocycles. The van der Waals surface area contributed by atoms with Gasteiger partial charge in [0.05, 0.1) is 9.90 Å². The molecule has 0 aromatic carbocycles. The van der Waals surface area contributed by atoms with E-state index >= 15 is 0 Å². The molecule has 1 aromatic heterocycles. The Morgan fingerprint density at radius 1 is 1.36 bits per heavy atom. The summed E-state index contributed by atoms with van der Waals surface area (Å²) >= 11 is 7.24. The number of thiophene rings is 1. The molecule has 1 aromatic rings. The minimum Gasteiger partial charge on any atom is -0.454 e. The van der Waals surface area contributed by atoms with Gasteiger partial charge in [-0.3, -0.25) is 0 Å². The van der Waals surface area contributed by atoms with Crippen LogP contribution in [0.2, 0.25) is 5.02 Å². The molecule has 0 bridgehead atoms. The monoisotopic (exact) mass is 188 g/mol. The fourth-order valence-electron chi connectivity index (χ4n) is 0.825. The molecule has 1 aliphatic heterocycles. The van der Waals surface area contributed by atoms with Gasteiger partial charge in [0.2, 0.25) is 0 Å². The number of halogens is 1. The molecule has 0 saturated carbocycles. The van der Waals surface area contributed by atoms with Gasteiger partial charge in [-0.05, 0) is 6.07 Å². The molecule has 0 radical (unpaired) electrons. The molecule has 0 unspecified atom stereocenters. The van der Waals surface area contributed by atoms with Crippen LogP contribution in [0.25, 0.3) is 0 Å². The first-order valence-electron chi connectivity index (χ1n) is 3.06. The molecule has 0 fully saturated rings. The van der Waals surface area contributed by atoms with Gasteiger partial charge in [0.25, 0.3) is 6.29 Å². The lowest BCUT2D eigenvalue weighted by Gasteiger charge is -2.05. The first-order chi connectivity index (χ1) is 5.36. The average Bonchev–Trinajstić information content (AvgIpc) is 2.55. The van der Waals surface area contributed by atoms with Crippen LogP contribution in [0.5, 0.6) is 0 Å². The van der Waals surface area contributed by atoms with Crippen LogP contribution >= 0.6 is 22.9 Å². The summed E-state index contributed by atoms with van der Waals surface area (Å²) in [5, 5.41) is 2.58. The van der Waals surface area contributed by atoms with Crippen LogP contribution in [-0.2, 0) is 9.47 Å². The summed E-state index contributed by atoms with van der Waals surface area (Å²) in [4.78, 5) is 0.986. The van der Waals surface area contributed by atoms with E-state index in [1.807, 2.05) is 11.4 Å². The lowest BCUT2D eigenvalue weighted by molar-refractivity contribution is -0.0216. The van der Waals surface area contributed by atoms with Crippen molar-refractivity contribution in [3.8, 4) is 0 Å². The molecule has 58 valence electrons. The smallest absolute Gasteiger partial charge is 0.275 e. The van der Waals surface area contributed by atoms with Crippen LogP contribution in [-0.4, -0.2) is 0 Å². The quantitative estimate of drug-likeness (QED) is 0.675. The first kappa shape index (κ1) is 7.00. The Hall–Kier alpha value is -0.670. The highest BCUT2D eigenvalue weighted by Gasteiger charge is 2.16. The van der Waals surface area contributed by atoms with Crippen LogP contribution in [0, 0.1) is 0 Å². The van der Waals surface area contributed by atoms with E-state index in [0.717, 1.165) is 9.90 Å². The fourth-order valence-corrected chi connectivity index (χ4v) is 1.87. The van der Waals surface area contributed by atoms with Crippen molar-refractivity contribution in [1.29, 1.82) is 0 Å². The Morgan fingerprint density at radius 3 is 2.64 bits per heavy atom. The highest BCUT2D eigenvalue weighted by molar-refractivity contribution is 7.10. The van der Waals surface area contributed by atoms with Crippen molar-refractivity contribution in [3.63, 3.8) is 0 Å². The van der Waals surface area contributed by atoms with E-state index in [-0.39, 0.29) is 6.29 Å². The lowest BCUT2D eigenvalue weighted by atomic mass is 10.4. The van der Waals surface area contributed by atoms with Crippen LogP contribution in [0.4, 0.5) is 0 Å². The highest BCUT2D eigenvalue weighted by atomic mass is 35.5. The number of ether oxygens (including phenoxy) is 2. The third-order valence-electron chi connectivity index (χ3n) is 1.28. The topological polar surface area (TPSA) is 18.5 Å². The van der Waals surface area contributed by atoms with Gasteiger partial charge in [0.1, 0.15) is 12.5 Å². The predicted octanol–water partition coefficient (Wildman–Crippen LogP) is 2.92. The Morgan fingerprint density at radius 2 is 2.09 bits per heavy atom. The van der Waals surface area contributed by atoms with Crippen LogP contribution < -0.4 is 0 Å². The third kappa shape index (κ3) is 1.34. The van der Waals surface area contributed by atoms with Crippen molar-refractivity contribution in [1.82, 2.24) is 0 Å². The molecular formula is C7H5ClO2S. The second kappa shape index (κ2) is 2.75. The molecule has 0 atom stereocenters. The maximum absolute atomic E-state index is 5.72. The van der Waals surface area contributed by atoms with E-state index in [4.69, 9.17) is 21.1 Å². The molecule has 0 N–H and O–H groups in total. The molecule has 2 nitrogen and oxygen atoms in total. The summed E-state index contributed by atoms with van der Waals surface area (Å²) in [6.45, 7) is 0. The Balaban J connectivity index is 2.17. The summed E-state index contributed by atoms with van der Waals surface area (Å²) in [6.07, 6.45) is 2.77. The molecule has 11 heavy (non-hydrogen) atoms. The summed E-state index contributed by atoms with van der Waals surface area (Å²) < 4.78 is 10.2. The zero-order valence-electron chi connectivity index (χ0n) is 5.49. The lowest BCUT2D eigenvalue weighted by Crippen LogP contribution is -1.93. The molecule has 1 aliphatic rings. The molecule has 0 spiro atoms. The largest absolute Gasteiger partial charge is 0.454 e. The van der Waals surface area contributed by atoms with E-state index in [1.54, 1.807) is 0 Å². The van der Waals surface area contributed by atoms with Gasteiger partial charge in [-0.1, -0.05) is 11.6 Å². The number of hydrogen-bond acceptors (Lipinski definition) is 3. The Bertz CT molecular complexity index is 274. The van der Waals surface area contributed by atoms with E-state index in [9.17, 15) is 0 Å². The van der Waals surface area contributed by atoms with E-state index in [1.165, 1.54) is 23.9 Å². The maximum atomic E-state index is 5.72. The Kier molecular flexibility index (Phi) is 1.75. The third-order valence-corrected chi connectivity index (χ3v) is 2.58. The average molecular weight is 189 g/mol. The van der Waals surface area contributed by atoms with Gasteiger partial charge < -0.3 is 9.47 Å². The molecule has 0 aliphatic carbocycles. The predicted molar refractivity (Wildman–Crippen MR) is 43.4 cm³/mol. The van der Waals surface area contributed by atoms with Gasteiger partial charge in [0, 0.05) is 5.38 Å². The SMILES string of the molecule is Clc1csc(C2OC=CO2)c1. The van der Waals surface area contributed by atoms with Gasteiger partial charge in [-0.15, -0.1) is 11.3 Å². The van der Waals surface area contributed by atoms with Crippen molar-refractivity contribution in [2.75, 3.05) is 0 Å². The summed E-state index contributed by atoms with van der Waals surface area (Å²) in [5.74, 6) is 0. The molecule has 2 rings (SSSR count). The van der Waals surface area contributed by atoms with Crippen molar-refractivity contribution in [2.45, 2.75) is 6.29 Å². The number of rotatable bonds is 1. The van der Waals surface area contributed by atoms with Crippen molar-refractivity contribution < 1.29 is 9.47 Å². The van der Waals surface area contributed by atoms with Gasteiger partial charge >= 0.3 is 0 Å². The zero-order valence-corrected chi connectivity index (χ0v) is 7.06. The first-order valence-corrected chi connectivity index (χ1v) is 4.32. The van der Waals surface area contributed by atoms with Crippen LogP contribution in [0.3, 0.4) is 0 Å². The molecular weight excluding hydrogens is 184 g/mol. The molecule has 0 saturated heterocycles. The summed E-state index contributed by atoms with van der Waals surface area (Å²) in [6, 6.07) is 1.84. The molecule has 0 amide bonds. The van der Waals surface area contributed by atoms with Crippen molar-refractivity contribution in [3.05, 3.63) is 33.9 Å². The minimum atomic E-state index is -0.285. The highest BCUT2D eigenvalue weighted by Crippen LogP contribution is 2.30. The molecule has 4 heteroatoms. The normalized spacial score (nSPS) is 16.5. The maximum Gasteiger partial charge on any atom is 0.275 e. The summed E-state index contributed by atoms with van der Waals surface area (Å²) in [5.41, 5.74) is 0. The van der Waals surface area contributed by atoms with E-state index in [2.05, 4.69) is 0 Å². The number of hydrogen-bond donors (Lipinski definition) is 0. The minimum absolute atomic E-state index is 0.285. The van der Waals surface area contributed by atoms with Crippen molar-refractivity contribution >= 4 is 22.9 Å². The second-order valence-electron chi connectivity index (χ2n) is 2.04. The Labute approximate surface area is 73.0 Å². The second-order valence-corrected chi connectivity index (χ2v) is 3.42. The zero-order chi connectivity index (χ0) is 7.68. The standard InChI is InChI=1S/C7H5ClO2S/c8-5-3-6(11-4-5)7-9-1-2-10-7/h1-4,7H. The van der Waals surface area contributed by atoms with E-state index in [0.29, 0.717) is 0 Å².